The van der Waals surface area contributed by atoms with E-state index in [4.69, 9.17) is 14.2 Å². The van der Waals surface area contributed by atoms with Gasteiger partial charge in [0, 0.05) is 0 Å². The molecule has 0 heterocycles. The highest BCUT2D eigenvalue weighted by atomic mass is 16.5. The highest BCUT2D eigenvalue weighted by Gasteiger charge is 2.07. The monoisotopic (exact) mass is 480 g/mol. The molecule has 0 aliphatic heterocycles. The molecule has 0 N–H and O–H groups in total. The standard InChI is InChI=1S/C33H36O3/c1-22-7-23(2)11-31(10-22)34-19-28-16-29(20-35-32-12-24(3)8-25(4)13-32)18-30(17-28)21-36-33-14-26(5)9-27(6)15-33/h7-18H,19-21H2,1-6H3. The van der Waals surface area contributed by atoms with E-state index >= 15 is 0 Å². The SMILES string of the molecule is Cc1cc(C)cc(OCc2cc(COc3cc(C)cc(C)c3)cc(COc3cc(C)cc(C)c3)c2)c1. The summed E-state index contributed by atoms with van der Waals surface area (Å²) in [4.78, 5) is 0. The molecule has 0 fully saturated rings. The van der Waals surface area contributed by atoms with Gasteiger partial charge in [-0.05, 0) is 146 Å². The van der Waals surface area contributed by atoms with E-state index in [1.807, 2.05) is 0 Å². The van der Waals surface area contributed by atoms with Gasteiger partial charge in [0.05, 0.1) is 0 Å². The van der Waals surface area contributed by atoms with Crippen LogP contribution >= 0.6 is 0 Å². The maximum absolute atomic E-state index is 6.17. The summed E-state index contributed by atoms with van der Waals surface area (Å²) in [5.74, 6) is 2.66. The predicted molar refractivity (Wildman–Crippen MR) is 147 cm³/mol. The van der Waals surface area contributed by atoms with E-state index in [1.54, 1.807) is 0 Å². The minimum absolute atomic E-state index is 0.483. The molecule has 0 amide bonds. The van der Waals surface area contributed by atoms with Crippen molar-refractivity contribution in [2.45, 2.75) is 61.4 Å². The highest BCUT2D eigenvalue weighted by Crippen LogP contribution is 2.23. The first kappa shape index (κ1) is 25.4. The van der Waals surface area contributed by atoms with Crippen LogP contribution in [0.3, 0.4) is 0 Å². The van der Waals surface area contributed by atoms with Gasteiger partial charge in [-0.2, -0.15) is 0 Å². The van der Waals surface area contributed by atoms with Gasteiger partial charge in [-0.15, -0.1) is 0 Å². The predicted octanol–water partition coefficient (Wildman–Crippen LogP) is 8.27. The van der Waals surface area contributed by atoms with Gasteiger partial charge < -0.3 is 14.2 Å². The van der Waals surface area contributed by atoms with Crippen LogP contribution in [0.15, 0.2) is 72.8 Å². The molecule has 36 heavy (non-hydrogen) atoms. The van der Waals surface area contributed by atoms with Crippen LogP contribution in [0.2, 0.25) is 0 Å². The maximum Gasteiger partial charge on any atom is 0.120 e. The molecule has 0 aliphatic carbocycles. The lowest BCUT2D eigenvalue weighted by atomic mass is 10.1. The molecule has 0 saturated heterocycles. The van der Waals surface area contributed by atoms with Crippen LogP contribution in [-0.2, 0) is 19.8 Å². The third-order valence-electron chi connectivity index (χ3n) is 5.91. The van der Waals surface area contributed by atoms with Crippen molar-refractivity contribution in [3.8, 4) is 17.2 Å². The fourth-order valence-corrected chi connectivity index (χ4v) is 4.64. The first-order chi connectivity index (χ1) is 17.2. The molecule has 0 spiro atoms. The minimum atomic E-state index is 0.483. The number of benzene rings is 4. The Balaban J connectivity index is 1.53. The molecule has 0 bridgehead atoms. The average molecular weight is 481 g/mol. The molecule has 4 aromatic rings. The molecule has 4 aromatic carbocycles. The largest absolute Gasteiger partial charge is 0.489 e. The average Bonchev–Trinajstić information content (AvgIpc) is 2.78. The molecule has 3 nitrogen and oxygen atoms in total. The summed E-state index contributed by atoms with van der Waals surface area (Å²) in [6, 6.07) is 25.4. The molecular formula is C33H36O3. The molecule has 0 aliphatic rings. The van der Waals surface area contributed by atoms with Crippen molar-refractivity contribution in [1.29, 1.82) is 0 Å². The van der Waals surface area contributed by atoms with Crippen LogP contribution in [0.25, 0.3) is 0 Å². The third kappa shape index (κ3) is 7.39. The summed E-state index contributed by atoms with van der Waals surface area (Å²) < 4.78 is 18.5. The van der Waals surface area contributed by atoms with E-state index in [1.165, 1.54) is 33.4 Å². The van der Waals surface area contributed by atoms with Crippen molar-refractivity contribution >= 4 is 0 Å². The van der Waals surface area contributed by atoms with Gasteiger partial charge >= 0.3 is 0 Å². The Labute approximate surface area is 215 Å². The topological polar surface area (TPSA) is 27.7 Å². The second kappa shape index (κ2) is 11.3. The lowest BCUT2D eigenvalue weighted by Crippen LogP contribution is -2.04. The first-order valence-corrected chi connectivity index (χ1v) is 12.5. The highest BCUT2D eigenvalue weighted by molar-refractivity contribution is 5.37. The fourth-order valence-electron chi connectivity index (χ4n) is 4.64. The zero-order valence-electron chi connectivity index (χ0n) is 22.3. The van der Waals surface area contributed by atoms with Crippen molar-refractivity contribution in [3.63, 3.8) is 0 Å². The minimum Gasteiger partial charge on any atom is -0.489 e. The molecule has 0 aromatic heterocycles. The summed E-state index contributed by atoms with van der Waals surface area (Å²) in [6.07, 6.45) is 0. The Morgan fingerprint density at radius 3 is 0.778 bits per heavy atom. The quantitative estimate of drug-likeness (QED) is 0.241. The second-order valence-corrected chi connectivity index (χ2v) is 9.99. The number of rotatable bonds is 9. The van der Waals surface area contributed by atoms with Gasteiger partial charge in [-0.25, -0.2) is 0 Å². The number of hydrogen-bond acceptors (Lipinski definition) is 3. The van der Waals surface area contributed by atoms with Gasteiger partial charge in [-0.1, -0.05) is 18.2 Å². The van der Waals surface area contributed by atoms with Crippen LogP contribution < -0.4 is 14.2 Å². The van der Waals surface area contributed by atoms with Crippen LogP contribution in [0.5, 0.6) is 17.2 Å². The van der Waals surface area contributed by atoms with Crippen LogP contribution in [0, 0.1) is 41.5 Å². The zero-order valence-corrected chi connectivity index (χ0v) is 22.3. The summed E-state index contributed by atoms with van der Waals surface area (Å²) in [5, 5.41) is 0. The summed E-state index contributed by atoms with van der Waals surface area (Å²) >= 11 is 0. The van der Waals surface area contributed by atoms with Crippen LogP contribution in [0.1, 0.15) is 50.1 Å². The fraction of sp³-hybridized carbons (Fsp3) is 0.273. The first-order valence-electron chi connectivity index (χ1n) is 12.5. The lowest BCUT2D eigenvalue weighted by molar-refractivity contribution is 0.293. The van der Waals surface area contributed by atoms with E-state index in [0.29, 0.717) is 19.8 Å². The van der Waals surface area contributed by atoms with Gasteiger partial charge in [0.15, 0.2) is 0 Å². The van der Waals surface area contributed by atoms with Crippen molar-refractivity contribution in [2.75, 3.05) is 0 Å². The van der Waals surface area contributed by atoms with Crippen LogP contribution in [-0.4, -0.2) is 0 Å². The maximum atomic E-state index is 6.17. The molecule has 0 radical (unpaired) electrons. The third-order valence-corrected chi connectivity index (χ3v) is 5.91. The van der Waals surface area contributed by atoms with Gasteiger partial charge in [0.2, 0.25) is 0 Å². The molecular weight excluding hydrogens is 444 g/mol. The van der Waals surface area contributed by atoms with Crippen molar-refractivity contribution in [2.24, 2.45) is 0 Å². The Morgan fingerprint density at radius 2 is 0.556 bits per heavy atom. The molecule has 0 atom stereocenters. The Morgan fingerprint density at radius 1 is 0.333 bits per heavy atom. The Kier molecular flexibility index (Phi) is 8.00. The van der Waals surface area contributed by atoms with E-state index in [-0.39, 0.29) is 0 Å². The smallest absolute Gasteiger partial charge is 0.120 e. The Bertz CT molecular complexity index is 1110. The van der Waals surface area contributed by atoms with Gasteiger partial charge in [0.25, 0.3) is 0 Å². The Hall–Kier alpha value is -3.72. The number of hydrogen-bond donors (Lipinski definition) is 0. The van der Waals surface area contributed by atoms with E-state index in [0.717, 1.165) is 33.9 Å². The number of aryl methyl sites for hydroxylation is 6. The van der Waals surface area contributed by atoms with Crippen molar-refractivity contribution < 1.29 is 14.2 Å². The normalized spacial score (nSPS) is 10.8. The van der Waals surface area contributed by atoms with Crippen molar-refractivity contribution in [1.82, 2.24) is 0 Å². The second-order valence-electron chi connectivity index (χ2n) is 9.99. The van der Waals surface area contributed by atoms with Crippen molar-refractivity contribution in [3.05, 3.63) is 123 Å². The molecule has 4 rings (SSSR count). The number of ether oxygens (including phenoxy) is 3. The molecule has 3 heteroatoms. The van der Waals surface area contributed by atoms with E-state index in [9.17, 15) is 0 Å². The summed E-state index contributed by atoms with van der Waals surface area (Å²) in [5.41, 5.74) is 10.5. The van der Waals surface area contributed by atoms with Gasteiger partial charge in [-0.3, -0.25) is 0 Å². The molecule has 0 saturated carbocycles. The van der Waals surface area contributed by atoms with E-state index < -0.39 is 0 Å². The summed E-state index contributed by atoms with van der Waals surface area (Å²) in [7, 11) is 0. The van der Waals surface area contributed by atoms with E-state index in [2.05, 4.69) is 114 Å². The van der Waals surface area contributed by atoms with Gasteiger partial charge in [0.1, 0.15) is 37.1 Å². The zero-order chi connectivity index (χ0) is 25.7. The lowest BCUT2D eigenvalue weighted by Gasteiger charge is -2.14. The van der Waals surface area contributed by atoms with Crippen LogP contribution in [0.4, 0.5) is 0 Å². The summed E-state index contributed by atoms with van der Waals surface area (Å²) in [6.45, 7) is 14.0. The molecule has 186 valence electrons. The molecule has 0 unspecified atom stereocenters.